The van der Waals surface area contributed by atoms with Crippen molar-refractivity contribution in [1.29, 1.82) is 0 Å². The first-order chi connectivity index (χ1) is 8.11. The number of halogens is 1. The lowest BCUT2D eigenvalue weighted by Gasteiger charge is -2.17. The van der Waals surface area contributed by atoms with Crippen LogP contribution in [-0.2, 0) is 0 Å². The van der Waals surface area contributed by atoms with E-state index in [0.717, 1.165) is 16.1 Å². The maximum Gasteiger partial charge on any atom is 0.0569 e. The highest BCUT2D eigenvalue weighted by atomic mass is 35.5. The van der Waals surface area contributed by atoms with Crippen molar-refractivity contribution in [3.05, 3.63) is 69.7 Å². The van der Waals surface area contributed by atoms with Gasteiger partial charge in [-0.1, -0.05) is 48.0 Å². The Balaban J connectivity index is 2.48. The summed E-state index contributed by atoms with van der Waals surface area (Å²) in [4.78, 5) is 0. The highest BCUT2D eigenvalue weighted by Gasteiger charge is 2.14. The van der Waals surface area contributed by atoms with Crippen LogP contribution in [0.1, 0.15) is 28.3 Å². The topological polar surface area (TPSA) is 26.0 Å². The number of nitrogens with two attached hydrogens (primary N) is 1. The molecule has 2 N–H and O–H groups in total. The van der Waals surface area contributed by atoms with Gasteiger partial charge in [0.1, 0.15) is 0 Å². The van der Waals surface area contributed by atoms with Crippen molar-refractivity contribution >= 4 is 11.6 Å². The molecule has 17 heavy (non-hydrogen) atoms. The Morgan fingerprint density at radius 2 is 1.59 bits per heavy atom. The summed E-state index contributed by atoms with van der Waals surface area (Å²) in [5.41, 5.74) is 10.9. The molecule has 0 fully saturated rings. The molecule has 0 aliphatic heterocycles. The first-order valence-corrected chi connectivity index (χ1v) is 6.05. The van der Waals surface area contributed by atoms with E-state index in [-0.39, 0.29) is 6.04 Å². The van der Waals surface area contributed by atoms with Crippen LogP contribution in [0.25, 0.3) is 0 Å². The molecule has 0 aliphatic carbocycles. The van der Waals surface area contributed by atoms with Crippen LogP contribution in [0.5, 0.6) is 0 Å². The lowest BCUT2D eigenvalue weighted by Crippen LogP contribution is -2.14. The standard InChI is InChI=1S/C15H16ClN/c1-10-6-5-8-12(11(10)2)15(17)13-7-3-4-9-14(13)16/h3-9,15H,17H2,1-2H3. The quantitative estimate of drug-likeness (QED) is 0.850. The molecular weight excluding hydrogens is 230 g/mol. The van der Waals surface area contributed by atoms with Gasteiger partial charge >= 0.3 is 0 Å². The van der Waals surface area contributed by atoms with E-state index in [2.05, 4.69) is 26.0 Å². The summed E-state index contributed by atoms with van der Waals surface area (Å²) in [6, 6.07) is 13.8. The lowest BCUT2D eigenvalue weighted by atomic mass is 9.93. The summed E-state index contributed by atoms with van der Waals surface area (Å²) in [7, 11) is 0. The molecule has 1 nitrogen and oxygen atoms in total. The van der Waals surface area contributed by atoms with Crippen LogP contribution in [-0.4, -0.2) is 0 Å². The molecule has 0 spiro atoms. The maximum atomic E-state index is 6.30. The van der Waals surface area contributed by atoms with E-state index in [1.165, 1.54) is 11.1 Å². The number of rotatable bonds is 2. The number of benzene rings is 2. The van der Waals surface area contributed by atoms with Gasteiger partial charge in [-0.3, -0.25) is 0 Å². The number of aryl methyl sites for hydroxylation is 1. The summed E-state index contributed by atoms with van der Waals surface area (Å²) in [5.74, 6) is 0. The van der Waals surface area contributed by atoms with Gasteiger partial charge in [-0.05, 0) is 42.2 Å². The van der Waals surface area contributed by atoms with Crippen molar-refractivity contribution in [2.45, 2.75) is 19.9 Å². The molecule has 0 saturated heterocycles. The second kappa shape index (κ2) is 4.91. The normalized spacial score (nSPS) is 12.5. The highest BCUT2D eigenvalue weighted by molar-refractivity contribution is 6.31. The van der Waals surface area contributed by atoms with E-state index >= 15 is 0 Å². The summed E-state index contributed by atoms with van der Waals surface area (Å²) in [6.45, 7) is 4.19. The molecule has 0 radical (unpaired) electrons. The van der Waals surface area contributed by atoms with E-state index < -0.39 is 0 Å². The molecule has 0 saturated carbocycles. The zero-order valence-electron chi connectivity index (χ0n) is 10.1. The Morgan fingerprint density at radius 1 is 0.941 bits per heavy atom. The molecule has 2 heteroatoms. The maximum absolute atomic E-state index is 6.30. The van der Waals surface area contributed by atoms with Crippen LogP contribution in [0.15, 0.2) is 42.5 Å². The molecule has 88 valence electrons. The fraction of sp³-hybridized carbons (Fsp3) is 0.200. The van der Waals surface area contributed by atoms with Gasteiger partial charge in [-0.2, -0.15) is 0 Å². The van der Waals surface area contributed by atoms with Crippen molar-refractivity contribution < 1.29 is 0 Å². The summed E-state index contributed by atoms with van der Waals surface area (Å²) < 4.78 is 0. The van der Waals surface area contributed by atoms with E-state index in [1.807, 2.05) is 30.3 Å². The SMILES string of the molecule is Cc1cccc(C(N)c2ccccc2Cl)c1C. The van der Waals surface area contributed by atoms with Gasteiger partial charge in [0.05, 0.1) is 6.04 Å². The molecule has 0 aliphatic rings. The predicted octanol–water partition coefficient (Wildman–Crippen LogP) is 4.00. The van der Waals surface area contributed by atoms with Gasteiger partial charge in [-0.25, -0.2) is 0 Å². The summed E-state index contributed by atoms with van der Waals surface area (Å²) >= 11 is 6.18. The van der Waals surface area contributed by atoms with E-state index in [4.69, 9.17) is 17.3 Å². The average Bonchev–Trinajstić information content (AvgIpc) is 2.32. The lowest BCUT2D eigenvalue weighted by molar-refractivity contribution is 0.859. The van der Waals surface area contributed by atoms with Crippen molar-refractivity contribution in [2.75, 3.05) is 0 Å². The van der Waals surface area contributed by atoms with Crippen molar-refractivity contribution in [2.24, 2.45) is 5.73 Å². The van der Waals surface area contributed by atoms with Crippen LogP contribution >= 0.6 is 11.6 Å². The fourth-order valence-electron chi connectivity index (χ4n) is 2.01. The molecule has 0 aromatic heterocycles. The smallest absolute Gasteiger partial charge is 0.0569 e. The van der Waals surface area contributed by atoms with Crippen LogP contribution in [0.3, 0.4) is 0 Å². The molecule has 1 unspecified atom stereocenters. The molecule has 2 rings (SSSR count). The molecule has 2 aromatic carbocycles. The van der Waals surface area contributed by atoms with Crippen LogP contribution in [0.2, 0.25) is 5.02 Å². The fourth-order valence-corrected chi connectivity index (χ4v) is 2.26. The Hall–Kier alpha value is -1.31. The minimum atomic E-state index is -0.163. The Kier molecular flexibility index (Phi) is 3.51. The first-order valence-electron chi connectivity index (χ1n) is 5.67. The second-order valence-electron chi connectivity index (χ2n) is 4.29. The van der Waals surface area contributed by atoms with Crippen molar-refractivity contribution in [3.8, 4) is 0 Å². The third-order valence-corrected chi connectivity index (χ3v) is 3.57. The zero-order chi connectivity index (χ0) is 12.4. The average molecular weight is 246 g/mol. The summed E-state index contributed by atoms with van der Waals surface area (Å²) in [6.07, 6.45) is 0. The summed E-state index contributed by atoms with van der Waals surface area (Å²) in [5, 5.41) is 0.723. The van der Waals surface area contributed by atoms with Crippen LogP contribution in [0.4, 0.5) is 0 Å². The number of hydrogen-bond donors (Lipinski definition) is 1. The van der Waals surface area contributed by atoms with E-state index in [1.54, 1.807) is 0 Å². The first kappa shape index (κ1) is 12.2. The molecule has 1 atom stereocenters. The Labute approximate surface area is 107 Å². The number of hydrogen-bond acceptors (Lipinski definition) is 1. The predicted molar refractivity (Wildman–Crippen MR) is 73.4 cm³/mol. The second-order valence-corrected chi connectivity index (χ2v) is 4.70. The third-order valence-electron chi connectivity index (χ3n) is 3.22. The van der Waals surface area contributed by atoms with Gasteiger partial charge in [0, 0.05) is 5.02 Å². The monoisotopic (exact) mass is 245 g/mol. The van der Waals surface area contributed by atoms with Gasteiger partial charge in [-0.15, -0.1) is 0 Å². The molecule has 2 aromatic rings. The van der Waals surface area contributed by atoms with Crippen molar-refractivity contribution in [3.63, 3.8) is 0 Å². The Morgan fingerprint density at radius 3 is 2.29 bits per heavy atom. The zero-order valence-corrected chi connectivity index (χ0v) is 10.8. The molecule has 0 amide bonds. The molecule has 0 bridgehead atoms. The minimum Gasteiger partial charge on any atom is -0.320 e. The van der Waals surface area contributed by atoms with Crippen molar-refractivity contribution in [1.82, 2.24) is 0 Å². The highest BCUT2D eigenvalue weighted by Crippen LogP contribution is 2.28. The van der Waals surface area contributed by atoms with E-state index in [9.17, 15) is 0 Å². The Bertz CT molecular complexity index is 534. The van der Waals surface area contributed by atoms with Crippen LogP contribution in [0, 0.1) is 13.8 Å². The molecule has 0 heterocycles. The van der Waals surface area contributed by atoms with Gasteiger partial charge in [0.15, 0.2) is 0 Å². The molecular formula is C15H16ClN. The van der Waals surface area contributed by atoms with Crippen LogP contribution < -0.4 is 5.73 Å². The van der Waals surface area contributed by atoms with Gasteiger partial charge < -0.3 is 5.73 Å². The van der Waals surface area contributed by atoms with E-state index in [0.29, 0.717) is 0 Å². The third kappa shape index (κ3) is 2.36. The van der Waals surface area contributed by atoms with Gasteiger partial charge in [0.2, 0.25) is 0 Å². The largest absolute Gasteiger partial charge is 0.320 e. The van der Waals surface area contributed by atoms with Gasteiger partial charge in [0.25, 0.3) is 0 Å². The minimum absolute atomic E-state index is 0.163.